The molecule has 10 heteroatoms. The number of rotatable bonds is 7. The third kappa shape index (κ3) is 5.41. The van der Waals surface area contributed by atoms with Crippen molar-refractivity contribution in [3.63, 3.8) is 0 Å². The maximum absolute atomic E-state index is 9.79. The number of pyridine rings is 3. The Morgan fingerprint density at radius 2 is 1.92 bits per heavy atom. The lowest BCUT2D eigenvalue weighted by molar-refractivity contribution is 0.443. The molecule has 0 aliphatic carbocycles. The van der Waals surface area contributed by atoms with Crippen LogP contribution in [0.15, 0.2) is 73.6 Å². The van der Waals surface area contributed by atoms with E-state index in [0.717, 1.165) is 0 Å². The van der Waals surface area contributed by atoms with Crippen LogP contribution in [0.25, 0.3) is 16.6 Å². The lowest BCUT2D eigenvalue weighted by Crippen LogP contribution is -2.20. The summed E-state index contributed by atoms with van der Waals surface area (Å²) in [5.41, 5.74) is 3.71. The molecule has 0 fully saturated rings. The van der Waals surface area contributed by atoms with Crippen molar-refractivity contribution < 1.29 is 1.37 Å². The van der Waals surface area contributed by atoms with Crippen molar-refractivity contribution in [2.24, 2.45) is 5.41 Å². The minimum atomic E-state index is -1.58. The lowest BCUT2D eigenvalue weighted by atomic mass is 9.96. The van der Waals surface area contributed by atoms with E-state index in [9.17, 15) is 6.63 Å². The van der Waals surface area contributed by atoms with Crippen molar-refractivity contribution in [2.45, 2.75) is 26.8 Å². The standard InChI is InChI=1S/C28H26ClN9/c1-28(2,3)17-34-25-19(12-30)14-33-27-22(25)10-20(11-23(27)29)35-26(18-6-4-8-31-13-18)24-16-38(37-36-24)21-7-5-9-32-15-21/h4-11,13-16,26,35H,17H2,1-3H3,(H,33,34)/t26-/m1/s1/i26D. The van der Waals surface area contributed by atoms with Gasteiger partial charge in [-0.05, 0) is 41.3 Å². The summed E-state index contributed by atoms with van der Waals surface area (Å²) in [6.45, 7) is 6.95. The first-order valence-corrected chi connectivity index (χ1v) is 12.3. The van der Waals surface area contributed by atoms with E-state index >= 15 is 0 Å². The van der Waals surface area contributed by atoms with Gasteiger partial charge in [-0.15, -0.1) is 5.10 Å². The van der Waals surface area contributed by atoms with Gasteiger partial charge in [-0.1, -0.05) is 43.7 Å². The van der Waals surface area contributed by atoms with Gasteiger partial charge in [0.25, 0.3) is 0 Å². The van der Waals surface area contributed by atoms with Gasteiger partial charge in [-0.25, -0.2) is 4.68 Å². The van der Waals surface area contributed by atoms with Crippen LogP contribution in [-0.2, 0) is 0 Å². The molecule has 5 aromatic rings. The Morgan fingerprint density at radius 1 is 1.13 bits per heavy atom. The number of nitrogens with one attached hydrogen (secondary N) is 2. The molecule has 2 N–H and O–H groups in total. The Hall–Kier alpha value is -4.55. The fourth-order valence-corrected chi connectivity index (χ4v) is 4.16. The monoisotopic (exact) mass is 524 g/mol. The molecular weight excluding hydrogens is 498 g/mol. The average molecular weight is 525 g/mol. The molecule has 0 saturated heterocycles. The van der Waals surface area contributed by atoms with Crippen LogP contribution in [0.3, 0.4) is 0 Å². The smallest absolute Gasteiger partial charge is 0.110 e. The predicted octanol–water partition coefficient (Wildman–Crippen LogP) is 5.79. The van der Waals surface area contributed by atoms with Gasteiger partial charge in [-0.2, -0.15) is 5.26 Å². The summed E-state index contributed by atoms with van der Waals surface area (Å²) in [7, 11) is 0. The molecule has 38 heavy (non-hydrogen) atoms. The number of halogens is 1. The van der Waals surface area contributed by atoms with Gasteiger partial charge >= 0.3 is 0 Å². The van der Waals surface area contributed by atoms with Crippen molar-refractivity contribution in [1.29, 1.82) is 5.26 Å². The van der Waals surface area contributed by atoms with Gasteiger partial charge in [0.2, 0.25) is 0 Å². The van der Waals surface area contributed by atoms with Gasteiger partial charge in [0.15, 0.2) is 0 Å². The van der Waals surface area contributed by atoms with Crippen molar-refractivity contribution in [3.05, 3.63) is 95.4 Å². The van der Waals surface area contributed by atoms with Crippen LogP contribution in [0.4, 0.5) is 11.4 Å². The zero-order chi connectivity index (χ0) is 27.6. The number of fused-ring (bicyclic) bond motifs is 1. The third-order valence-corrected chi connectivity index (χ3v) is 6.01. The minimum Gasteiger partial charge on any atom is -0.383 e. The van der Waals surface area contributed by atoms with Gasteiger partial charge in [0.05, 0.1) is 47.3 Å². The third-order valence-electron chi connectivity index (χ3n) is 5.72. The molecule has 190 valence electrons. The Morgan fingerprint density at radius 3 is 2.61 bits per heavy atom. The largest absolute Gasteiger partial charge is 0.383 e. The predicted molar refractivity (Wildman–Crippen MR) is 148 cm³/mol. The number of nitrogens with zero attached hydrogens (tertiary/aromatic N) is 7. The van der Waals surface area contributed by atoms with Crippen LogP contribution in [0.1, 0.15) is 45.0 Å². The maximum atomic E-state index is 9.79. The summed E-state index contributed by atoms with van der Waals surface area (Å²) in [4.78, 5) is 12.8. The maximum Gasteiger partial charge on any atom is 0.110 e. The summed E-state index contributed by atoms with van der Waals surface area (Å²) in [5.74, 6) is 0. The summed E-state index contributed by atoms with van der Waals surface area (Å²) < 4.78 is 11.1. The van der Waals surface area contributed by atoms with E-state index in [2.05, 4.69) is 62.7 Å². The van der Waals surface area contributed by atoms with Crippen LogP contribution in [0, 0.1) is 16.7 Å². The summed E-state index contributed by atoms with van der Waals surface area (Å²) >= 11 is 6.70. The first-order valence-electron chi connectivity index (χ1n) is 12.5. The Kier molecular flexibility index (Phi) is 6.54. The van der Waals surface area contributed by atoms with Gasteiger partial charge in [0, 0.05) is 42.4 Å². The van der Waals surface area contributed by atoms with Crippen molar-refractivity contribution in [2.75, 3.05) is 17.2 Å². The van der Waals surface area contributed by atoms with E-state index in [0.29, 0.717) is 56.4 Å². The molecule has 0 aliphatic rings. The van der Waals surface area contributed by atoms with E-state index in [-0.39, 0.29) is 5.41 Å². The Bertz CT molecular complexity index is 1660. The molecule has 4 aromatic heterocycles. The van der Waals surface area contributed by atoms with Gasteiger partial charge in [0.1, 0.15) is 11.8 Å². The minimum absolute atomic E-state index is 0.0291. The van der Waals surface area contributed by atoms with Crippen LogP contribution in [-0.4, -0.2) is 36.5 Å². The molecule has 0 spiro atoms. The number of hydrogen-bond acceptors (Lipinski definition) is 8. The molecule has 0 unspecified atom stereocenters. The highest BCUT2D eigenvalue weighted by atomic mass is 35.5. The van der Waals surface area contributed by atoms with Crippen molar-refractivity contribution in [1.82, 2.24) is 29.9 Å². The summed E-state index contributed by atoms with van der Waals surface area (Å²) in [6.07, 6.45) is 9.79. The zero-order valence-corrected chi connectivity index (χ0v) is 21.9. The highest BCUT2D eigenvalue weighted by Crippen LogP contribution is 2.36. The van der Waals surface area contributed by atoms with Crippen molar-refractivity contribution in [3.8, 4) is 11.8 Å². The van der Waals surface area contributed by atoms with E-state index in [1.165, 1.54) is 6.20 Å². The van der Waals surface area contributed by atoms with Gasteiger partial charge in [-0.3, -0.25) is 15.0 Å². The molecule has 0 bridgehead atoms. The van der Waals surface area contributed by atoms with E-state index < -0.39 is 6.02 Å². The molecule has 5 rings (SSSR count). The molecule has 0 saturated carbocycles. The van der Waals surface area contributed by atoms with Crippen LogP contribution in [0.5, 0.6) is 0 Å². The molecule has 1 aromatic carbocycles. The average Bonchev–Trinajstić information content (AvgIpc) is 3.43. The highest BCUT2D eigenvalue weighted by molar-refractivity contribution is 6.35. The molecule has 0 amide bonds. The summed E-state index contributed by atoms with van der Waals surface area (Å²) in [5, 5.41) is 26.1. The molecule has 0 aliphatic heterocycles. The second kappa shape index (κ2) is 10.4. The molecular formula is C28H26ClN9. The number of aromatic nitrogens is 6. The van der Waals surface area contributed by atoms with Crippen LogP contribution >= 0.6 is 11.6 Å². The molecule has 1 atom stereocenters. The first kappa shape index (κ1) is 23.8. The highest BCUT2D eigenvalue weighted by Gasteiger charge is 2.21. The Labute approximate surface area is 226 Å². The topological polar surface area (TPSA) is 117 Å². The number of hydrogen-bond donors (Lipinski definition) is 2. The van der Waals surface area contributed by atoms with Gasteiger partial charge < -0.3 is 10.6 Å². The quantitative estimate of drug-likeness (QED) is 0.274. The van der Waals surface area contributed by atoms with E-state index in [4.69, 9.17) is 11.6 Å². The Balaban J connectivity index is 1.62. The zero-order valence-electron chi connectivity index (χ0n) is 22.1. The molecule has 9 nitrogen and oxygen atoms in total. The number of anilines is 2. The number of benzene rings is 1. The molecule has 4 heterocycles. The SMILES string of the molecule is [2H][C@@](Nc1cc(Cl)c2ncc(C#N)c(NCC(C)(C)C)c2c1)(c1cccnc1)c1cn(-c2cccnc2)nn1. The summed E-state index contributed by atoms with van der Waals surface area (Å²) in [6, 6.07) is 11.4. The van der Waals surface area contributed by atoms with Crippen LogP contribution < -0.4 is 10.6 Å². The van der Waals surface area contributed by atoms with E-state index in [1.54, 1.807) is 59.9 Å². The molecule has 0 radical (unpaired) electrons. The second-order valence-corrected chi connectivity index (χ2v) is 10.3. The van der Waals surface area contributed by atoms with Crippen LogP contribution in [0.2, 0.25) is 5.02 Å². The normalized spacial score (nSPS) is 13.4. The van der Waals surface area contributed by atoms with Crippen molar-refractivity contribution >= 4 is 33.9 Å². The van der Waals surface area contributed by atoms with E-state index in [1.807, 2.05) is 12.1 Å². The second-order valence-electron chi connectivity index (χ2n) is 9.93. The number of nitriles is 1. The fourth-order valence-electron chi connectivity index (χ4n) is 3.89. The fraction of sp³-hybridized carbons (Fsp3) is 0.214. The first-order chi connectivity index (χ1) is 18.7. The lowest BCUT2D eigenvalue weighted by Gasteiger charge is -2.22.